The van der Waals surface area contributed by atoms with Gasteiger partial charge in [-0.3, -0.25) is 4.79 Å². The Labute approximate surface area is 107 Å². The summed E-state index contributed by atoms with van der Waals surface area (Å²) in [6, 6.07) is -0.472. The fraction of sp³-hybridized carbons (Fsp3) is 0.667. The number of carbonyl (C=O) groups is 1. The van der Waals surface area contributed by atoms with E-state index in [9.17, 15) is 4.79 Å². The highest BCUT2D eigenvalue weighted by Gasteiger charge is 2.26. The van der Waals surface area contributed by atoms with Gasteiger partial charge in [-0.15, -0.1) is 11.3 Å². The fourth-order valence-electron chi connectivity index (χ4n) is 1.31. The molecule has 1 atom stereocenters. The van der Waals surface area contributed by atoms with E-state index in [0.29, 0.717) is 6.54 Å². The molecule has 0 aliphatic carbocycles. The molecule has 0 fully saturated rings. The van der Waals surface area contributed by atoms with Crippen LogP contribution in [0.3, 0.4) is 0 Å². The summed E-state index contributed by atoms with van der Waals surface area (Å²) in [5.41, 5.74) is 6.68. The van der Waals surface area contributed by atoms with E-state index in [2.05, 4.69) is 10.3 Å². The van der Waals surface area contributed by atoms with Crippen LogP contribution in [0.15, 0.2) is 5.38 Å². The smallest absolute Gasteiger partial charge is 0.237 e. The van der Waals surface area contributed by atoms with Gasteiger partial charge in [-0.25, -0.2) is 4.98 Å². The van der Waals surface area contributed by atoms with Gasteiger partial charge in [-0.2, -0.15) is 0 Å². The van der Waals surface area contributed by atoms with Crippen molar-refractivity contribution in [3.05, 3.63) is 16.1 Å². The van der Waals surface area contributed by atoms with E-state index >= 15 is 0 Å². The Hall–Kier alpha value is -0.940. The van der Waals surface area contributed by atoms with Crippen molar-refractivity contribution < 1.29 is 4.79 Å². The van der Waals surface area contributed by atoms with E-state index in [1.807, 2.05) is 33.1 Å². The van der Waals surface area contributed by atoms with Gasteiger partial charge in [-0.05, 0) is 12.3 Å². The molecule has 1 amide bonds. The van der Waals surface area contributed by atoms with Crippen molar-refractivity contribution in [1.29, 1.82) is 0 Å². The van der Waals surface area contributed by atoms with Crippen LogP contribution in [0.4, 0.5) is 0 Å². The van der Waals surface area contributed by atoms with Crippen LogP contribution in [0, 0.1) is 12.3 Å². The molecule has 96 valence electrons. The maximum Gasteiger partial charge on any atom is 0.237 e. The molecular weight excluding hydrogens is 234 g/mol. The average Bonchev–Trinajstić information content (AvgIpc) is 2.61. The standard InChI is InChI=1S/C12H21N3OS/c1-8-7-17-9(15-8)5-6-14-11(16)10(13)12(2,3)4/h7,10H,5-6,13H2,1-4H3,(H,14,16)/t10-/m1/s1. The van der Waals surface area contributed by atoms with Crippen LogP contribution < -0.4 is 11.1 Å². The van der Waals surface area contributed by atoms with Crippen molar-refractivity contribution >= 4 is 17.2 Å². The minimum absolute atomic E-state index is 0.0919. The van der Waals surface area contributed by atoms with Crippen LogP contribution in [-0.2, 0) is 11.2 Å². The molecule has 1 heterocycles. The van der Waals surface area contributed by atoms with Crippen LogP contribution in [0.2, 0.25) is 0 Å². The van der Waals surface area contributed by atoms with Crippen LogP contribution in [0.1, 0.15) is 31.5 Å². The second-order valence-corrected chi connectivity index (χ2v) is 6.21. The van der Waals surface area contributed by atoms with Gasteiger partial charge in [0.15, 0.2) is 0 Å². The molecule has 0 unspecified atom stereocenters. The third kappa shape index (κ3) is 4.44. The number of hydrogen-bond donors (Lipinski definition) is 2. The van der Waals surface area contributed by atoms with Gasteiger partial charge >= 0.3 is 0 Å². The molecule has 0 radical (unpaired) electrons. The lowest BCUT2D eigenvalue weighted by Gasteiger charge is -2.25. The summed E-state index contributed by atoms with van der Waals surface area (Å²) in [6.07, 6.45) is 0.765. The summed E-state index contributed by atoms with van der Waals surface area (Å²) < 4.78 is 0. The van der Waals surface area contributed by atoms with Gasteiger partial charge in [0.25, 0.3) is 0 Å². The number of hydrogen-bond acceptors (Lipinski definition) is 4. The molecule has 0 aliphatic heterocycles. The van der Waals surface area contributed by atoms with Crippen molar-refractivity contribution in [3.63, 3.8) is 0 Å². The molecule has 0 saturated carbocycles. The number of aromatic nitrogens is 1. The highest BCUT2D eigenvalue weighted by Crippen LogP contribution is 2.17. The van der Waals surface area contributed by atoms with Crippen molar-refractivity contribution in [1.82, 2.24) is 10.3 Å². The molecule has 5 heteroatoms. The highest BCUT2D eigenvalue weighted by atomic mass is 32.1. The minimum Gasteiger partial charge on any atom is -0.354 e. The third-order valence-electron chi connectivity index (χ3n) is 2.52. The molecule has 0 bridgehead atoms. The topological polar surface area (TPSA) is 68.0 Å². The summed E-state index contributed by atoms with van der Waals surface area (Å²) in [7, 11) is 0. The van der Waals surface area contributed by atoms with Crippen LogP contribution >= 0.6 is 11.3 Å². The zero-order valence-corrected chi connectivity index (χ0v) is 11.7. The molecule has 0 saturated heterocycles. The lowest BCUT2D eigenvalue weighted by atomic mass is 9.87. The number of aryl methyl sites for hydroxylation is 1. The molecule has 0 spiro atoms. The Kier molecular flexibility index (Phi) is 4.65. The lowest BCUT2D eigenvalue weighted by molar-refractivity contribution is -0.124. The molecule has 0 aliphatic rings. The second-order valence-electron chi connectivity index (χ2n) is 5.27. The number of thiazole rings is 1. The maximum atomic E-state index is 11.7. The van der Waals surface area contributed by atoms with Gasteiger partial charge in [0.1, 0.15) is 0 Å². The highest BCUT2D eigenvalue weighted by molar-refractivity contribution is 7.09. The zero-order valence-electron chi connectivity index (χ0n) is 10.9. The molecule has 1 aromatic rings. The summed E-state index contributed by atoms with van der Waals surface area (Å²) in [6.45, 7) is 8.44. The van der Waals surface area contributed by atoms with E-state index in [1.54, 1.807) is 11.3 Å². The predicted molar refractivity (Wildman–Crippen MR) is 71.0 cm³/mol. The van der Waals surface area contributed by atoms with Crippen molar-refractivity contribution in [2.75, 3.05) is 6.54 Å². The van der Waals surface area contributed by atoms with E-state index in [1.165, 1.54) is 0 Å². The van der Waals surface area contributed by atoms with Crippen molar-refractivity contribution in [2.45, 2.75) is 40.2 Å². The fourth-order valence-corrected chi connectivity index (χ4v) is 2.09. The molecule has 17 heavy (non-hydrogen) atoms. The lowest BCUT2D eigenvalue weighted by Crippen LogP contribution is -2.48. The normalized spacial score (nSPS) is 13.5. The van der Waals surface area contributed by atoms with E-state index < -0.39 is 6.04 Å². The Morgan fingerprint density at radius 3 is 2.71 bits per heavy atom. The number of carbonyl (C=O) groups excluding carboxylic acids is 1. The minimum atomic E-state index is -0.472. The van der Waals surface area contributed by atoms with Crippen LogP contribution in [0.5, 0.6) is 0 Å². The number of nitrogens with zero attached hydrogens (tertiary/aromatic N) is 1. The second kappa shape index (κ2) is 5.60. The SMILES string of the molecule is Cc1csc(CCNC(=O)[C@@H](N)C(C)(C)C)n1. The number of rotatable bonds is 4. The van der Waals surface area contributed by atoms with E-state index in [4.69, 9.17) is 5.73 Å². The van der Waals surface area contributed by atoms with Gasteiger partial charge in [0.05, 0.1) is 11.0 Å². The molecule has 0 aromatic carbocycles. The first kappa shape index (κ1) is 14.1. The van der Waals surface area contributed by atoms with Crippen LogP contribution in [0.25, 0.3) is 0 Å². The van der Waals surface area contributed by atoms with Gasteiger partial charge in [0, 0.05) is 24.0 Å². The maximum absolute atomic E-state index is 11.7. The predicted octanol–water partition coefficient (Wildman–Crippen LogP) is 1.48. The molecule has 3 N–H and O–H groups in total. The summed E-state index contributed by atoms with van der Waals surface area (Å²) in [4.78, 5) is 16.1. The number of nitrogens with two attached hydrogens (primary N) is 1. The first-order chi connectivity index (χ1) is 7.80. The summed E-state index contributed by atoms with van der Waals surface area (Å²) in [5.74, 6) is -0.0919. The van der Waals surface area contributed by atoms with E-state index in [0.717, 1.165) is 17.1 Å². The summed E-state index contributed by atoms with van der Waals surface area (Å²) >= 11 is 1.62. The van der Waals surface area contributed by atoms with Gasteiger partial charge in [0.2, 0.25) is 5.91 Å². The largest absolute Gasteiger partial charge is 0.354 e. The molecule has 4 nitrogen and oxygen atoms in total. The Morgan fingerprint density at radius 1 is 1.59 bits per heavy atom. The molecule has 1 rings (SSSR count). The average molecular weight is 255 g/mol. The number of amides is 1. The molecular formula is C12H21N3OS. The van der Waals surface area contributed by atoms with Gasteiger partial charge < -0.3 is 11.1 Å². The van der Waals surface area contributed by atoms with E-state index in [-0.39, 0.29) is 11.3 Å². The van der Waals surface area contributed by atoms with Gasteiger partial charge in [-0.1, -0.05) is 20.8 Å². The summed E-state index contributed by atoms with van der Waals surface area (Å²) in [5, 5.41) is 5.91. The first-order valence-electron chi connectivity index (χ1n) is 5.75. The Balaban J connectivity index is 2.34. The monoisotopic (exact) mass is 255 g/mol. The Morgan fingerprint density at radius 2 is 2.24 bits per heavy atom. The molecule has 1 aromatic heterocycles. The zero-order chi connectivity index (χ0) is 13.1. The van der Waals surface area contributed by atoms with Crippen molar-refractivity contribution in [3.8, 4) is 0 Å². The first-order valence-corrected chi connectivity index (χ1v) is 6.63. The van der Waals surface area contributed by atoms with Crippen LogP contribution in [-0.4, -0.2) is 23.5 Å². The third-order valence-corrected chi connectivity index (χ3v) is 3.55. The Bertz CT molecular complexity index is 381. The van der Waals surface area contributed by atoms with Crippen molar-refractivity contribution in [2.24, 2.45) is 11.1 Å². The number of nitrogens with one attached hydrogen (secondary N) is 1. The quantitative estimate of drug-likeness (QED) is 0.856.